The van der Waals surface area contributed by atoms with Gasteiger partial charge in [-0.3, -0.25) is 4.79 Å². The molecule has 0 spiro atoms. The summed E-state index contributed by atoms with van der Waals surface area (Å²) in [5, 5.41) is 5.49. The summed E-state index contributed by atoms with van der Waals surface area (Å²) in [6, 6.07) is 14.6. The number of carbonyl (C=O) groups is 1. The normalized spacial score (nSPS) is 12.3. The molecule has 1 unspecified atom stereocenters. The molecule has 2 rings (SSSR count). The van der Waals surface area contributed by atoms with Crippen LogP contribution >= 0.6 is 0 Å². The zero-order valence-corrected chi connectivity index (χ0v) is 12.4. The van der Waals surface area contributed by atoms with E-state index < -0.39 is 0 Å². The van der Waals surface area contributed by atoms with E-state index in [9.17, 15) is 4.79 Å². The third-order valence-electron chi connectivity index (χ3n) is 3.54. The number of benzene rings is 2. The van der Waals surface area contributed by atoms with Crippen molar-refractivity contribution in [1.82, 2.24) is 10.2 Å². The quantitative estimate of drug-likeness (QED) is 0.906. The zero-order valence-electron chi connectivity index (χ0n) is 12.4. The highest BCUT2D eigenvalue weighted by Gasteiger charge is 2.16. The monoisotopic (exact) mass is 270 g/mol. The molecule has 1 N–H and O–H groups in total. The first-order valence-corrected chi connectivity index (χ1v) is 6.99. The smallest absolute Gasteiger partial charge is 0.226 e. The van der Waals surface area contributed by atoms with E-state index in [-0.39, 0.29) is 11.8 Å². The molecular weight excluding hydrogens is 248 g/mol. The Morgan fingerprint density at radius 2 is 1.90 bits per heavy atom. The van der Waals surface area contributed by atoms with Crippen LogP contribution in [0.1, 0.15) is 12.5 Å². The first-order chi connectivity index (χ1) is 9.61. The molecule has 2 aromatic carbocycles. The molecular formula is C17H22N2O. The van der Waals surface area contributed by atoms with Crippen LogP contribution in [0, 0.1) is 5.92 Å². The van der Waals surface area contributed by atoms with Crippen molar-refractivity contribution in [1.29, 1.82) is 0 Å². The Bertz CT molecular complexity index is 594. The maximum atomic E-state index is 12.2. The van der Waals surface area contributed by atoms with Crippen molar-refractivity contribution in [2.45, 2.75) is 13.5 Å². The first-order valence-electron chi connectivity index (χ1n) is 6.99. The number of carbonyl (C=O) groups excluding carboxylic acids is 1. The average molecular weight is 270 g/mol. The maximum Gasteiger partial charge on any atom is 0.226 e. The molecule has 0 bridgehead atoms. The van der Waals surface area contributed by atoms with Crippen LogP contribution in [-0.4, -0.2) is 31.4 Å². The average Bonchev–Trinajstić information content (AvgIpc) is 2.46. The molecule has 3 nitrogen and oxygen atoms in total. The minimum atomic E-state index is 0.00505. The van der Waals surface area contributed by atoms with Crippen molar-refractivity contribution in [2.75, 3.05) is 20.6 Å². The van der Waals surface area contributed by atoms with E-state index in [1.165, 1.54) is 10.8 Å². The van der Waals surface area contributed by atoms with Gasteiger partial charge in [-0.1, -0.05) is 43.3 Å². The Morgan fingerprint density at radius 3 is 2.60 bits per heavy atom. The molecule has 0 aromatic heterocycles. The predicted molar refractivity (Wildman–Crippen MR) is 83.5 cm³/mol. The number of hydrogen-bond acceptors (Lipinski definition) is 2. The molecule has 0 aliphatic carbocycles. The standard InChI is InChI=1S/C17H22N2O/c1-13(11-18-2)17(20)19(3)12-14-8-9-15-6-4-5-7-16(15)10-14/h4-10,13,18H,11-12H2,1-3H3. The van der Waals surface area contributed by atoms with Gasteiger partial charge in [0, 0.05) is 26.1 Å². The van der Waals surface area contributed by atoms with Gasteiger partial charge in [0.05, 0.1) is 0 Å². The SMILES string of the molecule is CNCC(C)C(=O)N(C)Cc1ccc2ccccc2c1. The third kappa shape index (κ3) is 3.36. The van der Waals surface area contributed by atoms with Crippen molar-refractivity contribution >= 4 is 16.7 Å². The van der Waals surface area contributed by atoms with E-state index in [0.717, 1.165) is 5.56 Å². The molecule has 106 valence electrons. The van der Waals surface area contributed by atoms with Crippen LogP contribution < -0.4 is 5.32 Å². The highest BCUT2D eigenvalue weighted by Crippen LogP contribution is 2.17. The molecule has 0 fully saturated rings. The maximum absolute atomic E-state index is 12.2. The molecule has 0 aliphatic rings. The Balaban J connectivity index is 2.09. The van der Waals surface area contributed by atoms with Gasteiger partial charge in [-0.2, -0.15) is 0 Å². The molecule has 1 atom stereocenters. The summed E-state index contributed by atoms with van der Waals surface area (Å²) in [5.74, 6) is 0.179. The predicted octanol–water partition coefficient (Wildman–Crippen LogP) is 2.65. The third-order valence-corrected chi connectivity index (χ3v) is 3.54. The zero-order chi connectivity index (χ0) is 14.5. The van der Waals surface area contributed by atoms with Crippen LogP contribution in [-0.2, 0) is 11.3 Å². The largest absolute Gasteiger partial charge is 0.341 e. The van der Waals surface area contributed by atoms with E-state index >= 15 is 0 Å². The molecule has 2 aromatic rings. The lowest BCUT2D eigenvalue weighted by Crippen LogP contribution is -2.35. The van der Waals surface area contributed by atoms with E-state index in [1.807, 2.05) is 33.2 Å². The molecule has 20 heavy (non-hydrogen) atoms. The summed E-state index contributed by atoms with van der Waals surface area (Å²) in [7, 11) is 3.73. The van der Waals surface area contributed by atoms with Gasteiger partial charge in [0.1, 0.15) is 0 Å². The van der Waals surface area contributed by atoms with Gasteiger partial charge in [0.15, 0.2) is 0 Å². The lowest BCUT2D eigenvalue weighted by atomic mass is 10.1. The second-order valence-corrected chi connectivity index (χ2v) is 5.33. The van der Waals surface area contributed by atoms with Crippen molar-refractivity contribution in [3.8, 4) is 0 Å². The van der Waals surface area contributed by atoms with Crippen molar-refractivity contribution in [3.05, 3.63) is 48.0 Å². The van der Waals surface area contributed by atoms with E-state index in [0.29, 0.717) is 13.1 Å². The highest BCUT2D eigenvalue weighted by atomic mass is 16.2. The molecule has 0 saturated heterocycles. The second-order valence-electron chi connectivity index (χ2n) is 5.33. The lowest BCUT2D eigenvalue weighted by molar-refractivity contribution is -0.134. The van der Waals surface area contributed by atoms with Gasteiger partial charge in [0.25, 0.3) is 0 Å². The summed E-state index contributed by atoms with van der Waals surface area (Å²) in [6.45, 7) is 3.31. The lowest BCUT2D eigenvalue weighted by Gasteiger charge is -2.21. The molecule has 0 saturated carbocycles. The van der Waals surface area contributed by atoms with Gasteiger partial charge < -0.3 is 10.2 Å². The van der Waals surface area contributed by atoms with Gasteiger partial charge in [0.2, 0.25) is 5.91 Å². The Labute approximate surface area is 120 Å². The van der Waals surface area contributed by atoms with Crippen molar-refractivity contribution < 1.29 is 4.79 Å². The van der Waals surface area contributed by atoms with Crippen molar-refractivity contribution in [2.24, 2.45) is 5.92 Å². The van der Waals surface area contributed by atoms with Gasteiger partial charge >= 0.3 is 0 Å². The number of nitrogens with zero attached hydrogens (tertiary/aromatic N) is 1. The van der Waals surface area contributed by atoms with Crippen LogP contribution in [0.3, 0.4) is 0 Å². The van der Waals surface area contributed by atoms with E-state index in [2.05, 4.69) is 35.6 Å². The number of amides is 1. The van der Waals surface area contributed by atoms with Gasteiger partial charge in [-0.05, 0) is 29.4 Å². The molecule has 1 amide bonds. The fourth-order valence-corrected chi connectivity index (χ4v) is 2.46. The van der Waals surface area contributed by atoms with Gasteiger partial charge in [-0.25, -0.2) is 0 Å². The second kappa shape index (κ2) is 6.53. The summed E-state index contributed by atoms with van der Waals surface area (Å²) in [4.78, 5) is 14.0. The van der Waals surface area contributed by atoms with E-state index in [1.54, 1.807) is 4.90 Å². The fraction of sp³-hybridized carbons (Fsp3) is 0.353. The summed E-state index contributed by atoms with van der Waals surface area (Å²) >= 11 is 0. The fourth-order valence-electron chi connectivity index (χ4n) is 2.46. The van der Waals surface area contributed by atoms with Crippen LogP contribution in [0.2, 0.25) is 0 Å². The molecule has 3 heteroatoms. The first kappa shape index (κ1) is 14.5. The highest BCUT2D eigenvalue weighted by molar-refractivity contribution is 5.83. The molecule has 0 radical (unpaired) electrons. The van der Waals surface area contributed by atoms with Crippen LogP contribution in [0.5, 0.6) is 0 Å². The van der Waals surface area contributed by atoms with Gasteiger partial charge in [-0.15, -0.1) is 0 Å². The van der Waals surface area contributed by atoms with Crippen molar-refractivity contribution in [3.63, 3.8) is 0 Å². The van der Waals surface area contributed by atoms with Crippen LogP contribution in [0.15, 0.2) is 42.5 Å². The Morgan fingerprint density at radius 1 is 1.20 bits per heavy atom. The summed E-state index contributed by atoms with van der Waals surface area (Å²) in [5.41, 5.74) is 1.16. The summed E-state index contributed by atoms with van der Waals surface area (Å²) in [6.07, 6.45) is 0. The minimum Gasteiger partial charge on any atom is -0.341 e. The number of fused-ring (bicyclic) bond motifs is 1. The Hall–Kier alpha value is -1.87. The number of hydrogen-bond donors (Lipinski definition) is 1. The van der Waals surface area contributed by atoms with Crippen LogP contribution in [0.4, 0.5) is 0 Å². The Kier molecular flexibility index (Phi) is 4.74. The molecule has 0 heterocycles. The number of nitrogens with one attached hydrogen (secondary N) is 1. The minimum absolute atomic E-state index is 0.00505. The number of rotatable bonds is 5. The molecule has 0 aliphatic heterocycles. The van der Waals surface area contributed by atoms with E-state index in [4.69, 9.17) is 0 Å². The summed E-state index contributed by atoms with van der Waals surface area (Å²) < 4.78 is 0. The topological polar surface area (TPSA) is 32.3 Å². The van der Waals surface area contributed by atoms with Crippen LogP contribution in [0.25, 0.3) is 10.8 Å².